The van der Waals surface area contributed by atoms with E-state index in [9.17, 15) is 4.79 Å². The molecule has 1 heterocycles. The summed E-state index contributed by atoms with van der Waals surface area (Å²) in [5, 5.41) is 11.8. The van der Waals surface area contributed by atoms with Crippen LogP contribution in [0.3, 0.4) is 0 Å². The summed E-state index contributed by atoms with van der Waals surface area (Å²) in [4.78, 5) is 12.6. The van der Waals surface area contributed by atoms with Crippen molar-refractivity contribution in [2.45, 2.75) is 6.92 Å². The van der Waals surface area contributed by atoms with E-state index in [0.717, 1.165) is 26.2 Å². The molecular weight excluding hydrogens is 204 g/mol. The third-order valence-electron chi connectivity index (χ3n) is 2.32. The average molecular weight is 222 g/mol. The number of nitrogens with zero attached hydrogens (tertiary/aromatic N) is 1. The van der Waals surface area contributed by atoms with Gasteiger partial charge in [0.2, 0.25) is 5.91 Å². The first-order valence-electron chi connectivity index (χ1n) is 5.40. The van der Waals surface area contributed by atoms with Crippen LogP contribution in [0.5, 0.6) is 5.75 Å². The highest BCUT2D eigenvalue weighted by Gasteiger charge is 2.10. The summed E-state index contributed by atoms with van der Waals surface area (Å²) >= 11 is 0. The van der Waals surface area contributed by atoms with E-state index < -0.39 is 0 Å². The molecule has 1 saturated heterocycles. The van der Waals surface area contributed by atoms with Crippen LogP contribution in [0.2, 0.25) is 0 Å². The van der Waals surface area contributed by atoms with Crippen LogP contribution in [0.4, 0.5) is 0 Å². The summed E-state index contributed by atoms with van der Waals surface area (Å²) in [7, 11) is 0. The van der Waals surface area contributed by atoms with Crippen molar-refractivity contribution in [2.24, 2.45) is 0 Å². The number of amides is 1. The van der Waals surface area contributed by atoms with Crippen molar-refractivity contribution in [3.05, 3.63) is 30.3 Å². The standard InChI is InChI=1S/C6H12N2O.C6H6O/c1-6(9)8-4-2-7-3-5-8;7-6-4-2-1-3-5-6/h7H,2-5H2,1H3;1-5,7H. The van der Waals surface area contributed by atoms with Crippen LogP contribution in [0, 0.1) is 0 Å². The molecule has 0 spiro atoms. The second-order valence-corrected chi connectivity index (χ2v) is 3.59. The first-order chi connectivity index (χ1) is 7.70. The second-order valence-electron chi connectivity index (χ2n) is 3.59. The predicted molar refractivity (Wildman–Crippen MR) is 63.2 cm³/mol. The number of rotatable bonds is 0. The predicted octanol–water partition coefficient (Wildman–Crippen LogP) is 0.830. The molecule has 2 rings (SSSR count). The number of para-hydroxylation sites is 1. The highest BCUT2D eigenvalue weighted by Crippen LogP contribution is 2.02. The maximum atomic E-state index is 10.7. The molecule has 4 heteroatoms. The Balaban J connectivity index is 0.000000165. The minimum atomic E-state index is 0.191. The Morgan fingerprint density at radius 1 is 1.25 bits per heavy atom. The van der Waals surface area contributed by atoms with Crippen molar-refractivity contribution in [1.82, 2.24) is 10.2 Å². The normalized spacial score (nSPS) is 14.9. The first-order valence-corrected chi connectivity index (χ1v) is 5.40. The number of aromatic hydroxyl groups is 1. The van der Waals surface area contributed by atoms with Crippen LogP contribution in [0.1, 0.15) is 6.92 Å². The van der Waals surface area contributed by atoms with Gasteiger partial charge in [-0.25, -0.2) is 0 Å². The lowest BCUT2D eigenvalue weighted by atomic mass is 10.3. The smallest absolute Gasteiger partial charge is 0.219 e. The zero-order valence-electron chi connectivity index (χ0n) is 9.52. The molecule has 1 aromatic rings. The Kier molecular flexibility index (Phi) is 5.36. The van der Waals surface area contributed by atoms with Crippen LogP contribution in [-0.4, -0.2) is 42.1 Å². The van der Waals surface area contributed by atoms with E-state index in [2.05, 4.69) is 5.32 Å². The number of hydrogen-bond acceptors (Lipinski definition) is 3. The lowest BCUT2D eigenvalue weighted by Crippen LogP contribution is -2.45. The van der Waals surface area contributed by atoms with Gasteiger partial charge < -0.3 is 15.3 Å². The molecular formula is C12H18N2O2. The van der Waals surface area contributed by atoms with Crippen molar-refractivity contribution in [3.63, 3.8) is 0 Å². The summed E-state index contributed by atoms with van der Waals surface area (Å²) in [5.41, 5.74) is 0. The molecule has 0 atom stereocenters. The topological polar surface area (TPSA) is 52.6 Å². The molecule has 1 aliphatic rings. The molecule has 88 valence electrons. The molecule has 1 aromatic carbocycles. The fourth-order valence-corrected chi connectivity index (χ4v) is 1.41. The summed E-state index contributed by atoms with van der Waals surface area (Å²) in [6.45, 7) is 5.25. The summed E-state index contributed by atoms with van der Waals surface area (Å²) in [6.07, 6.45) is 0. The minimum absolute atomic E-state index is 0.191. The SMILES string of the molecule is CC(=O)N1CCNCC1.Oc1ccccc1. The second kappa shape index (κ2) is 6.85. The van der Waals surface area contributed by atoms with E-state index >= 15 is 0 Å². The maximum absolute atomic E-state index is 10.7. The number of nitrogens with one attached hydrogen (secondary N) is 1. The minimum Gasteiger partial charge on any atom is -0.508 e. The lowest BCUT2D eigenvalue weighted by Gasteiger charge is -2.25. The van der Waals surface area contributed by atoms with E-state index in [1.165, 1.54) is 0 Å². The Labute approximate surface area is 95.9 Å². The number of hydrogen-bond donors (Lipinski definition) is 2. The van der Waals surface area contributed by atoms with Crippen LogP contribution >= 0.6 is 0 Å². The molecule has 16 heavy (non-hydrogen) atoms. The average Bonchev–Trinajstić information content (AvgIpc) is 2.32. The number of piperazine rings is 1. The van der Waals surface area contributed by atoms with Crippen molar-refractivity contribution in [3.8, 4) is 5.75 Å². The zero-order valence-corrected chi connectivity index (χ0v) is 9.52. The molecule has 0 aromatic heterocycles. The van der Waals surface area contributed by atoms with Gasteiger partial charge in [0, 0.05) is 33.1 Å². The fourth-order valence-electron chi connectivity index (χ4n) is 1.41. The first kappa shape index (κ1) is 12.5. The molecule has 0 saturated carbocycles. The van der Waals surface area contributed by atoms with Gasteiger partial charge in [-0.15, -0.1) is 0 Å². The Morgan fingerprint density at radius 2 is 1.81 bits per heavy atom. The van der Waals surface area contributed by atoms with E-state index in [1.807, 2.05) is 11.0 Å². The number of benzene rings is 1. The summed E-state index contributed by atoms with van der Waals surface area (Å²) in [6, 6.07) is 8.71. The molecule has 0 aliphatic carbocycles. The van der Waals surface area contributed by atoms with Gasteiger partial charge in [0.25, 0.3) is 0 Å². The highest BCUT2D eigenvalue weighted by molar-refractivity contribution is 5.73. The molecule has 0 bridgehead atoms. The monoisotopic (exact) mass is 222 g/mol. The van der Waals surface area contributed by atoms with Gasteiger partial charge in [-0.1, -0.05) is 18.2 Å². The molecule has 2 N–H and O–H groups in total. The van der Waals surface area contributed by atoms with Gasteiger partial charge in [0.1, 0.15) is 5.75 Å². The lowest BCUT2D eigenvalue weighted by molar-refractivity contribution is -0.129. The Hall–Kier alpha value is -1.55. The largest absolute Gasteiger partial charge is 0.508 e. The van der Waals surface area contributed by atoms with E-state index in [4.69, 9.17) is 5.11 Å². The van der Waals surface area contributed by atoms with Gasteiger partial charge in [-0.2, -0.15) is 0 Å². The number of phenolic OH excluding ortho intramolecular Hbond substituents is 1. The molecule has 0 radical (unpaired) electrons. The zero-order chi connectivity index (χ0) is 11.8. The Morgan fingerprint density at radius 3 is 2.12 bits per heavy atom. The third-order valence-corrected chi connectivity index (χ3v) is 2.32. The van der Waals surface area contributed by atoms with Gasteiger partial charge in [-0.3, -0.25) is 4.79 Å². The maximum Gasteiger partial charge on any atom is 0.219 e. The number of phenols is 1. The van der Waals surface area contributed by atoms with Crippen molar-refractivity contribution in [1.29, 1.82) is 0 Å². The van der Waals surface area contributed by atoms with Crippen molar-refractivity contribution >= 4 is 5.91 Å². The highest BCUT2D eigenvalue weighted by atomic mass is 16.3. The Bertz CT molecular complexity index is 308. The third kappa shape index (κ3) is 4.79. The van der Waals surface area contributed by atoms with Gasteiger partial charge in [-0.05, 0) is 12.1 Å². The van der Waals surface area contributed by atoms with Gasteiger partial charge in [0.05, 0.1) is 0 Å². The molecule has 1 aliphatic heterocycles. The number of carbonyl (C=O) groups excluding carboxylic acids is 1. The van der Waals surface area contributed by atoms with Gasteiger partial charge in [0.15, 0.2) is 0 Å². The summed E-state index contributed by atoms with van der Waals surface area (Å²) < 4.78 is 0. The van der Waals surface area contributed by atoms with Crippen molar-refractivity contribution < 1.29 is 9.90 Å². The van der Waals surface area contributed by atoms with Crippen LogP contribution in [0.25, 0.3) is 0 Å². The van der Waals surface area contributed by atoms with Crippen LogP contribution in [0.15, 0.2) is 30.3 Å². The fraction of sp³-hybridized carbons (Fsp3) is 0.417. The summed E-state index contributed by atoms with van der Waals surface area (Å²) in [5.74, 6) is 0.513. The van der Waals surface area contributed by atoms with Crippen molar-refractivity contribution in [2.75, 3.05) is 26.2 Å². The van der Waals surface area contributed by atoms with E-state index in [0.29, 0.717) is 5.75 Å². The molecule has 0 unspecified atom stereocenters. The molecule has 1 fully saturated rings. The molecule has 4 nitrogen and oxygen atoms in total. The molecule has 1 amide bonds. The van der Waals surface area contributed by atoms with Crippen LogP contribution in [-0.2, 0) is 4.79 Å². The van der Waals surface area contributed by atoms with E-state index in [1.54, 1.807) is 31.2 Å². The number of carbonyl (C=O) groups is 1. The van der Waals surface area contributed by atoms with Crippen LogP contribution < -0.4 is 5.32 Å². The van der Waals surface area contributed by atoms with E-state index in [-0.39, 0.29) is 5.91 Å². The quantitative estimate of drug-likeness (QED) is 0.683. The van der Waals surface area contributed by atoms with Gasteiger partial charge >= 0.3 is 0 Å².